The maximum absolute atomic E-state index is 14.5. The summed E-state index contributed by atoms with van der Waals surface area (Å²) in [5, 5.41) is 113. The second-order valence-corrected chi connectivity index (χ2v) is 21.9. The van der Waals surface area contributed by atoms with Gasteiger partial charge in [-0.2, -0.15) is 4.73 Å². The number of esters is 1. The molecule has 12 atom stereocenters. The number of aliphatic imine (C=N–C) groups is 1. The van der Waals surface area contributed by atoms with Gasteiger partial charge in [0.1, 0.15) is 60.5 Å². The summed E-state index contributed by atoms with van der Waals surface area (Å²) >= 11 is 0. The lowest BCUT2D eigenvalue weighted by molar-refractivity contribution is -0.400. The Morgan fingerprint density at radius 2 is 1.71 bits per heavy atom. The highest BCUT2D eigenvalue weighted by Crippen LogP contribution is 2.47. The molecule has 3 aromatic heterocycles. The van der Waals surface area contributed by atoms with E-state index >= 15 is 0 Å². The van der Waals surface area contributed by atoms with Crippen LogP contribution in [-0.4, -0.2) is 191 Å². The third-order valence-electron chi connectivity index (χ3n) is 15.9. The van der Waals surface area contributed by atoms with E-state index in [0.29, 0.717) is 59.4 Å². The van der Waals surface area contributed by atoms with E-state index in [1.165, 1.54) is 53.4 Å². The Labute approximate surface area is 497 Å². The van der Waals surface area contributed by atoms with Crippen molar-refractivity contribution in [1.29, 1.82) is 0 Å². The number of ether oxygens (including phenoxy) is 3. The summed E-state index contributed by atoms with van der Waals surface area (Å²) in [6.45, 7) is -0.957. The molecular weight excluding hydrogens is 1140 g/mol. The Kier molecular flexibility index (Phi) is 21.0. The number of aliphatic carboxylic acids is 1. The number of hydrogen-bond donors (Lipinski definition) is 14. The number of H-pyrrole nitrogens is 1. The average molecular weight is 1210 g/mol. The van der Waals surface area contributed by atoms with Gasteiger partial charge in [-0.15, -0.1) is 0 Å². The molecule has 27 heteroatoms. The van der Waals surface area contributed by atoms with Crippen LogP contribution in [0.4, 0.5) is 0 Å². The van der Waals surface area contributed by atoms with E-state index in [1.54, 1.807) is 12.3 Å². The lowest BCUT2D eigenvalue weighted by atomic mass is 9.66. The smallest absolute Gasteiger partial charge is 0.337 e. The van der Waals surface area contributed by atoms with Gasteiger partial charge in [0.15, 0.2) is 28.7 Å². The first-order chi connectivity index (χ1) is 41.7. The van der Waals surface area contributed by atoms with Crippen molar-refractivity contribution in [1.82, 2.24) is 25.7 Å². The van der Waals surface area contributed by atoms with Crippen LogP contribution in [0.5, 0.6) is 11.5 Å². The molecule has 15 N–H and O–H groups in total. The summed E-state index contributed by atoms with van der Waals surface area (Å²) in [7, 11) is 0. The highest BCUT2D eigenvalue weighted by molar-refractivity contribution is 5.98. The number of nitrogens with two attached hydrogens (primary N) is 1. The fourth-order valence-corrected chi connectivity index (χ4v) is 11.7. The van der Waals surface area contributed by atoms with Crippen molar-refractivity contribution in [3.05, 3.63) is 107 Å². The summed E-state index contributed by atoms with van der Waals surface area (Å²) in [6.07, 6.45) is -3.81. The minimum Gasteiger partial charge on any atom is -0.508 e. The van der Waals surface area contributed by atoms with Gasteiger partial charge in [0.25, 0.3) is 0 Å². The Morgan fingerprint density at radius 3 is 2.38 bits per heavy atom. The molecular formula is C60H73N7O20. The normalized spacial score (nSPS) is 23.6. The molecule has 1 aliphatic carbocycles. The molecule has 1 aliphatic heterocycles. The van der Waals surface area contributed by atoms with Crippen molar-refractivity contribution in [3.8, 4) is 33.9 Å². The number of aldehydes is 3. The van der Waals surface area contributed by atoms with Crippen molar-refractivity contribution in [2.45, 2.75) is 131 Å². The number of hydrogen-bond acceptors (Lipinski definition) is 22. The van der Waals surface area contributed by atoms with E-state index in [1.807, 2.05) is 32.0 Å². The molecule has 87 heavy (non-hydrogen) atoms. The molecule has 0 bridgehead atoms. The number of aliphatic hydroxyl groups is 7. The maximum Gasteiger partial charge on any atom is 0.337 e. The summed E-state index contributed by atoms with van der Waals surface area (Å²) < 4.78 is 26.2. The van der Waals surface area contributed by atoms with Crippen LogP contribution in [0.3, 0.4) is 0 Å². The topological polar surface area (TPSA) is 430 Å². The van der Waals surface area contributed by atoms with Gasteiger partial charge >= 0.3 is 11.9 Å². The largest absolute Gasteiger partial charge is 0.508 e. The number of nitrogens with zero attached hydrogens (tertiary/aromatic N) is 2. The first-order valence-electron chi connectivity index (χ1n) is 28.3. The van der Waals surface area contributed by atoms with Crippen LogP contribution in [0, 0.1) is 19.8 Å². The number of carboxylic acids is 1. The van der Waals surface area contributed by atoms with E-state index in [-0.39, 0.29) is 53.8 Å². The second-order valence-electron chi connectivity index (χ2n) is 21.9. The lowest BCUT2D eigenvalue weighted by Gasteiger charge is -2.59. The highest BCUT2D eigenvalue weighted by atomic mass is 16.8. The number of aliphatic hydroxyl groups excluding tert-OH is 5. The van der Waals surface area contributed by atoms with Gasteiger partial charge in [-0.1, -0.05) is 42.2 Å². The zero-order valence-corrected chi connectivity index (χ0v) is 47.7. The van der Waals surface area contributed by atoms with Crippen molar-refractivity contribution in [3.63, 3.8) is 0 Å². The van der Waals surface area contributed by atoms with Gasteiger partial charge < -0.3 is 105 Å². The van der Waals surface area contributed by atoms with Crippen LogP contribution in [0.15, 0.2) is 99.6 Å². The average Bonchev–Trinajstić information content (AvgIpc) is 0.723. The fourth-order valence-electron chi connectivity index (χ4n) is 11.7. The van der Waals surface area contributed by atoms with Gasteiger partial charge in [0, 0.05) is 67.7 Å². The Bertz CT molecular complexity index is 3460. The van der Waals surface area contributed by atoms with Crippen LogP contribution in [0.1, 0.15) is 62.5 Å². The summed E-state index contributed by atoms with van der Waals surface area (Å²) in [5.74, 6) is -5.25. The Hall–Kier alpha value is -8.09. The number of guanidine groups is 1. The number of carboxylic acid groups (broad SMARTS) is 1. The number of phenols is 1. The molecule has 0 amide bonds. The predicted molar refractivity (Wildman–Crippen MR) is 311 cm³/mol. The van der Waals surface area contributed by atoms with Gasteiger partial charge in [-0.05, 0) is 87.6 Å². The SMILES string of the molecule is Cc1cc(C)cc(-c2c3[nH]ccc3cn2OC2C(Oc3ccc4c(=O)c(-c5ccc(O)cc5)coc4c3)OC(C(CO)(NC(N)=NC(C=O)CNC3CCCCC3C(O)CC=O)OC(=O)C(NCCC=O)C(=O)O)C(O)(CO)C2(O)C(O)CCCO)c1. The number of fused-ring (bicyclic) bond motifs is 2. The van der Waals surface area contributed by atoms with Gasteiger partial charge in [-0.3, -0.25) is 10.1 Å². The molecule has 6 aromatic rings. The molecule has 2 fully saturated rings. The molecule has 0 spiro atoms. The fraction of sp³-hybridized carbons (Fsp3) is 0.450. The van der Waals surface area contributed by atoms with E-state index in [2.05, 4.69) is 25.9 Å². The first kappa shape index (κ1) is 64.9. The number of carbonyl (C=O) groups excluding carboxylic acids is 4. The predicted octanol–water partition coefficient (Wildman–Crippen LogP) is 0.355. The highest BCUT2D eigenvalue weighted by Gasteiger charge is 2.75. The molecule has 27 nitrogen and oxygen atoms in total. The first-order valence-corrected chi connectivity index (χ1v) is 28.3. The van der Waals surface area contributed by atoms with Crippen LogP contribution >= 0.6 is 0 Å². The minimum atomic E-state index is -3.56. The monoisotopic (exact) mass is 1210 g/mol. The van der Waals surface area contributed by atoms with E-state index in [0.717, 1.165) is 30.2 Å². The number of aromatic nitrogens is 2. The third-order valence-corrected chi connectivity index (χ3v) is 15.9. The van der Waals surface area contributed by atoms with E-state index in [4.69, 9.17) is 29.2 Å². The molecule has 8 rings (SSSR count). The number of aromatic amines is 1. The lowest BCUT2D eigenvalue weighted by Crippen LogP contribution is -2.86. The van der Waals surface area contributed by atoms with Crippen LogP contribution in [0.25, 0.3) is 44.3 Å². The summed E-state index contributed by atoms with van der Waals surface area (Å²) in [4.78, 5) is 91.0. The molecule has 2 aliphatic rings. The number of aromatic hydroxyl groups is 1. The number of nitrogens with one attached hydrogen (secondary N) is 4. The molecule has 468 valence electrons. The second kappa shape index (κ2) is 28.2. The van der Waals surface area contributed by atoms with Crippen LogP contribution in [0.2, 0.25) is 0 Å². The quantitative estimate of drug-likeness (QED) is 0.00573. The third kappa shape index (κ3) is 13.7. The molecule has 12 unspecified atom stereocenters. The Balaban J connectivity index is 1.31. The number of benzene rings is 3. The zero-order chi connectivity index (χ0) is 62.8. The molecule has 0 radical (unpaired) electrons. The van der Waals surface area contributed by atoms with Crippen LogP contribution in [-0.2, 0) is 33.4 Å². The summed E-state index contributed by atoms with van der Waals surface area (Å²) in [5.41, 5.74) is -0.889. The number of rotatable bonds is 29. The Morgan fingerprint density at radius 1 is 0.977 bits per heavy atom. The van der Waals surface area contributed by atoms with Crippen molar-refractivity contribution in [2.75, 3.05) is 32.9 Å². The number of aryl methyl sites for hydroxylation is 2. The molecule has 1 saturated heterocycles. The zero-order valence-electron chi connectivity index (χ0n) is 47.7. The van der Waals surface area contributed by atoms with E-state index in [9.17, 15) is 74.7 Å². The molecule has 1 saturated carbocycles. The van der Waals surface area contributed by atoms with Crippen LogP contribution < -0.4 is 36.7 Å². The van der Waals surface area contributed by atoms with Crippen molar-refractivity contribution in [2.24, 2.45) is 16.6 Å². The summed E-state index contributed by atoms with van der Waals surface area (Å²) in [6, 6.07) is 12.6. The number of carbonyl (C=O) groups is 5. The van der Waals surface area contributed by atoms with Gasteiger partial charge in [-0.25, -0.2) is 14.6 Å². The molecule has 3 aromatic carbocycles. The maximum atomic E-state index is 14.5. The number of phenolic OH excluding ortho intramolecular Hbond substituents is 1. The van der Waals surface area contributed by atoms with Gasteiger partial charge in [0.05, 0.1) is 41.5 Å². The minimum absolute atomic E-state index is 0.0204. The standard InChI is InChI=1S/C60H73N7O20/c1-33-23-34(2)25-37(24-33)50-48-36(16-19-63-48)28-67(50)87-52-55(84-40-14-15-42-46(26-40)83-30-43(51(42)77)35-10-12-39(74)13-11-35)85-56(58(81,31-72)60(52,82)47(76)9-5-20-68)59(32-73,86-54(80)49(53(78)79)62-18-6-21-69)66-57(61)65-38(29-71)27-64-44-8-4-3-7-41(44)45(75)17-22-70/h10-16,19,21-26,28-30,38,41,44-45,47,49,52,55-56,62-64,68,72-76,81-82H,3-9,17-18,20,27,31-32H2,1-2H3,(H,78,79)(H3,61,65,66). The molecule has 4 heterocycles. The van der Waals surface area contributed by atoms with Gasteiger partial charge in [0.2, 0.25) is 24.2 Å². The van der Waals surface area contributed by atoms with Crippen molar-refractivity contribution >= 4 is 58.6 Å². The van der Waals surface area contributed by atoms with E-state index < -0.39 is 128 Å². The van der Waals surface area contributed by atoms with Crippen molar-refractivity contribution < 1.29 is 93.4 Å².